The van der Waals surface area contributed by atoms with E-state index in [0.717, 1.165) is 47.0 Å². The highest BCUT2D eigenvalue weighted by atomic mass is 16.5. The first-order valence-electron chi connectivity index (χ1n) is 8.26. The number of benzene rings is 2. The van der Waals surface area contributed by atoms with Crippen molar-refractivity contribution >= 4 is 0 Å². The molecule has 0 aliphatic carbocycles. The Labute approximate surface area is 150 Å². The molecule has 0 bridgehead atoms. The number of hydrogen-bond acceptors (Lipinski definition) is 4. The number of methoxy groups -OCH3 is 3. The van der Waals surface area contributed by atoms with Crippen LogP contribution in [0.15, 0.2) is 49.1 Å². The van der Waals surface area contributed by atoms with Crippen LogP contribution in [-0.4, -0.2) is 27.4 Å². The Kier molecular flexibility index (Phi) is 6.75. The second-order valence-electron chi connectivity index (χ2n) is 5.80. The van der Waals surface area contributed by atoms with Gasteiger partial charge in [-0.1, -0.05) is 18.2 Å². The third-order valence-corrected chi connectivity index (χ3v) is 3.91. The molecule has 4 heteroatoms. The number of allylic oxidation sites excluding steroid dienone is 1. The molecular weight excluding hydrogens is 316 g/mol. The van der Waals surface area contributed by atoms with Gasteiger partial charge in [0.1, 0.15) is 6.10 Å². The minimum absolute atomic E-state index is 0.0164. The molecule has 1 unspecified atom stereocenters. The fraction of sp³-hybridized carbons (Fsp3) is 0.333. The van der Waals surface area contributed by atoms with Gasteiger partial charge in [0.25, 0.3) is 0 Å². The van der Waals surface area contributed by atoms with Gasteiger partial charge in [0.05, 0.1) is 21.3 Å². The van der Waals surface area contributed by atoms with E-state index in [9.17, 15) is 0 Å². The van der Waals surface area contributed by atoms with E-state index in [2.05, 4.69) is 6.58 Å². The van der Waals surface area contributed by atoms with Gasteiger partial charge in [0, 0.05) is 6.42 Å². The molecule has 0 aliphatic rings. The van der Waals surface area contributed by atoms with Crippen LogP contribution in [0.1, 0.15) is 18.1 Å². The largest absolute Gasteiger partial charge is 0.493 e. The molecular formula is C21H26O4. The zero-order chi connectivity index (χ0) is 18.2. The zero-order valence-electron chi connectivity index (χ0n) is 15.4. The fourth-order valence-electron chi connectivity index (χ4n) is 2.70. The van der Waals surface area contributed by atoms with Crippen LogP contribution in [-0.2, 0) is 12.8 Å². The van der Waals surface area contributed by atoms with Gasteiger partial charge >= 0.3 is 0 Å². The molecule has 0 spiro atoms. The lowest BCUT2D eigenvalue weighted by Crippen LogP contribution is -2.15. The Bertz CT molecular complexity index is 709. The number of rotatable bonds is 9. The van der Waals surface area contributed by atoms with E-state index < -0.39 is 0 Å². The minimum Gasteiger partial charge on any atom is -0.493 e. The van der Waals surface area contributed by atoms with Crippen LogP contribution in [0.5, 0.6) is 23.0 Å². The van der Waals surface area contributed by atoms with Crippen molar-refractivity contribution in [1.29, 1.82) is 0 Å². The van der Waals surface area contributed by atoms with Gasteiger partial charge in [-0.15, -0.1) is 6.58 Å². The van der Waals surface area contributed by atoms with E-state index >= 15 is 0 Å². The lowest BCUT2D eigenvalue weighted by Gasteiger charge is -2.18. The SMILES string of the molecule is C=CCc1ccc(OC(C)Cc2ccc(OC)c(OC)c2)c(OC)c1. The predicted molar refractivity (Wildman–Crippen MR) is 100 cm³/mol. The highest BCUT2D eigenvalue weighted by Gasteiger charge is 2.12. The maximum Gasteiger partial charge on any atom is 0.161 e. The topological polar surface area (TPSA) is 36.9 Å². The second kappa shape index (κ2) is 9.02. The normalized spacial score (nSPS) is 11.5. The smallest absolute Gasteiger partial charge is 0.161 e. The first kappa shape index (κ1) is 18.7. The molecule has 0 heterocycles. The van der Waals surface area contributed by atoms with Crippen molar-refractivity contribution in [2.45, 2.75) is 25.9 Å². The van der Waals surface area contributed by atoms with Crippen LogP contribution >= 0.6 is 0 Å². The molecule has 2 rings (SSSR count). The van der Waals surface area contributed by atoms with E-state index in [1.807, 2.05) is 49.4 Å². The quantitative estimate of drug-likeness (QED) is 0.631. The molecule has 134 valence electrons. The van der Waals surface area contributed by atoms with Crippen molar-refractivity contribution in [3.05, 3.63) is 60.2 Å². The summed E-state index contributed by atoms with van der Waals surface area (Å²) in [4.78, 5) is 0. The summed E-state index contributed by atoms with van der Waals surface area (Å²) in [5, 5.41) is 0. The average molecular weight is 342 g/mol. The summed E-state index contributed by atoms with van der Waals surface area (Å²) in [5.41, 5.74) is 2.26. The van der Waals surface area contributed by atoms with Gasteiger partial charge in [-0.2, -0.15) is 0 Å². The Morgan fingerprint density at radius 1 is 0.840 bits per heavy atom. The van der Waals surface area contributed by atoms with Gasteiger partial charge in [-0.3, -0.25) is 0 Å². The van der Waals surface area contributed by atoms with E-state index in [1.165, 1.54) is 0 Å². The Morgan fingerprint density at radius 2 is 1.40 bits per heavy atom. The lowest BCUT2D eigenvalue weighted by atomic mass is 10.1. The van der Waals surface area contributed by atoms with Crippen molar-refractivity contribution in [2.24, 2.45) is 0 Å². The third-order valence-electron chi connectivity index (χ3n) is 3.91. The van der Waals surface area contributed by atoms with Gasteiger partial charge in [0.15, 0.2) is 23.0 Å². The summed E-state index contributed by atoms with van der Waals surface area (Å²) < 4.78 is 22.2. The lowest BCUT2D eigenvalue weighted by molar-refractivity contribution is 0.211. The molecule has 4 nitrogen and oxygen atoms in total. The standard InChI is InChI=1S/C21H26O4/c1-6-7-16-8-11-19(21(13-16)24-5)25-15(2)12-17-9-10-18(22-3)20(14-17)23-4/h6,8-11,13-15H,1,7,12H2,2-5H3. The van der Waals surface area contributed by atoms with Crippen molar-refractivity contribution < 1.29 is 18.9 Å². The fourth-order valence-corrected chi connectivity index (χ4v) is 2.70. The van der Waals surface area contributed by atoms with Gasteiger partial charge in [-0.25, -0.2) is 0 Å². The third kappa shape index (κ3) is 4.92. The van der Waals surface area contributed by atoms with Crippen LogP contribution < -0.4 is 18.9 Å². The molecule has 25 heavy (non-hydrogen) atoms. The summed E-state index contributed by atoms with van der Waals surface area (Å²) in [6.45, 7) is 5.80. The van der Waals surface area contributed by atoms with Crippen molar-refractivity contribution in [3.8, 4) is 23.0 Å². The molecule has 0 saturated heterocycles. The van der Waals surface area contributed by atoms with Gasteiger partial charge < -0.3 is 18.9 Å². The van der Waals surface area contributed by atoms with Crippen LogP contribution in [0.2, 0.25) is 0 Å². The summed E-state index contributed by atoms with van der Waals surface area (Å²) >= 11 is 0. The first-order chi connectivity index (χ1) is 12.1. The van der Waals surface area contributed by atoms with E-state index in [4.69, 9.17) is 18.9 Å². The van der Waals surface area contributed by atoms with Crippen LogP contribution in [0.3, 0.4) is 0 Å². The van der Waals surface area contributed by atoms with Crippen molar-refractivity contribution in [1.82, 2.24) is 0 Å². The molecule has 0 aromatic heterocycles. The van der Waals surface area contributed by atoms with Crippen LogP contribution in [0, 0.1) is 0 Å². The number of hydrogen-bond donors (Lipinski definition) is 0. The Balaban J connectivity index is 2.09. The zero-order valence-corrected chi connectivity index (χ0v) is 15.4. The Hall–Kier alpha value is -2.62. The summed E-state index contributed by atoms with van der Waals surface area (Å²) in [6, 6.07) is 11.9. The monoisotopic (exact) mass is 342 g/mol. The maximum atomic E-state index is 6.08. The minimum atomic E-state index is -0.0164. The summed E-state index contributed by atoms with van der Waals surface area (Å²) in [5.74, 6) is 2.92. The molecule has 0 amide bonds. The molecule has 0 radical (unpaired) electrons. The summed E-state index contributed by atoms with van der Waals surface area (Å²) in [6.07, 6.45) is 3.40. The average Bonchev–Trinajstić information content (AvgIpc) is 2.63. The molecule has 2 aromatic carbocycles. The van der Waals surface area contributed by atoms with Crippen molar-refractivity contribution in [3.63, 3.8) is 0 Å². The highest BCUT2D eigenvalue weighted by molar-refractivity contribution is 5.44. The van der Waals surface area contributed by atoms with Crippen LogP contribution in [0.4, 0.5) is 0 Å². The van der Waals surface area contributed by atoms with E-state index in [0.29, 0.717) is 0 Å². The highest BCUT2D eigenvalue weighted by Crippen LogP contribution is 2.31. The van der Waals surface area contributed by atoms with E-state index in [1.54, 1.807) is 21.3 Å². The second-order valence-corrected chi connectivity index (χ2v) is 5.80. The molecule has 2 aromatic rings. The van der Waals surface area contributed by atoms with Crippen molar-refractivity contribution in [2.75, 3.05) is 21.3 Å². The summed E-state index contributed by atoms with van der Waals surface area (Å²) in [7, 11) is 4.92. The van der Waals surface area contributed by atoms with E-state index in [-0.39, 0.29) is 6.10 Å². The van der Waals surface area contributed by atoms with Gasteiger partial charge in [0.2, 0.25) is 0 Å². The number of ether oxygens (including phenoxy) is 4. The maximum absolute atomic E-state index is 6.08. The molecule has 0 fully saturated rings. The molecule has 0 N–H and O–H groups in total. The van der Waals surface area contributed by atoms with Gasteiger partial charge in [-0.05, 0) is 48.7 Å². The Morgan fingerprint density at radius 3 is 2.04 bits per heavy atom. The first-order valence-corrected chi connectivity index (χ1v) is 8.26. The molecule has 0 saturated carbocycles. The van der Waals surface area contributed by atoms with Crippen LogP contribution in [0.25, 0.3) is 0 Å². The molecule has 1 atom stereocenters. The predicted octanol–water partition coefficient (Wildman–Crippen LogP) is 4.45. The molecule has 0 aliphatic heterocycles.